The molecule has 0 aromatic carbocycles. The maximum Gasteiger partial charge on any atom is 0.420 e. The molecule has 4 N–H and O–H groups in total. The highest BCUT2D eigenvalue weighted by atomic mass is 16.2. The molecule has 0 aromatic rings. The minimum atomic E-state index is -0.725. The van der Waals surface area contributed by atoms with E-state index in [4.69, 9.17) is 11.5 Å². The van der Waals surface area contributed by atoms with Gasteiger partial charge in [-0.15, -0.1) is 0 Å². The monoisotopic (exact) mass is 199 g/mol. The van der Waals surface area contributed by atoms with Gasteiger partial charge in [-0.2, -0.15) is 4.48 Å². The minimum absolute atomic E-state index is 0.230. The lowest BCUT2D eigenvalue weighted by atomic mass is 10.3. The van der Waals surface area contributed by atoms with E-state index in [2.05, 4.69) is 0 Å². The summed E-state index contributed by atoms with van der Waals surface area (Å²) in [6, 6.07) is -0.572. The number of hydrogen-bond donors (Lipinski definition) is 2. The Kier molecular flexibility index (Phi) is 2.48. The molecule has 6 nitrogen and oxygen atoms in total. The Morgan fingerprint density at radius 2 is 2.07 bits per heavy atom. The molecule has 14 heavy (non-hydrogen) atoms. The first-order chi connectivity index (χ1) is 6.45. The highest BCUT2D eigenvalue weighted by molar-refractivity contribution is 5.81. The van der Waals surface area contributed by atoms with Crippen LogP contribution in [0.1, 0.15) is 6.92 Å². The fourth-order valence-electron chi connectivity index (χ4n) is 1.77. The molecule has 0 aliphatic carbocycles. The first-order valence-corrected chi connectivity index (χ1v) is 4.33. The average molecular weight is 199 g/mol. The SMILES string of the molecule is CC[N+]1(C(N)=O)C=CN(C)C1C(N)=O. The van der Waals surface area contributed by atoms with Crippen molar-refractivity contribution in [3.05, 3.63) is 12.4 Å². The smallest absolute Gasteiger partial charge is 0.363 e. The van der Waals surface area contributed by atoms with Crippen LogP contribution in [0.5, 0.6) is 0 Å². The minimum Gasteiger partial charge on any atom is -0.363 e. The maximum atomic E-state index is 11.3. The number of urea groups is 1. The van der Waals surface area contributed by atoms with Gasteiger partial charge in [0, 0.05) is 7.05 Å². The Morgan fingerprint density at radius 3 is 2.36 bits per heavy atom. The van der Waals surface area contributed by atoms with Gasteiger partial charge in [-0.3, -0.25) is 4.79 Å². The van der Waals surface area contributed by atoms with E-state index in [0.717, 1.165) is 0 Å². The molecule has 1 rings (SSSR count). The normalized spacial score (nSPS) is 30.7. The molecule has 6 heteroatoms. The van der Waals surface area contributed by atoms with Gasteiger partial charge < -0.3 is 16.4 Å². The zero-order valence-electron chi connectivity index (χ0n) is 8.30. The summed E-state index contributed by atoms with van der Waals surface area (Å²) in [7, 11) is 1.69. The van der Waals surface area contributed by atoms with Crippen molar-refractivity contribution in [1.29, 1.82) is 0 Å². The largest absolute Gasteiger partial charge is 0.420 e. The highest BCUT2D eigenvalue weighted by Crippen LogP contribution is 2.23. The first-order valence-electron chi connectivity index (χ1n) is 4.33. The van der Waals surface area contributed by atoms with Crippen LogP contribution in [0.3, 0.4) is 0 Å². The van der Waals surface area contributed by atoms with Crippen LogP contribution in [0, 0.1) is 0 Å². The van der Waals surface area contributed by atoms with Crippen LogP contribution in [0.15, 0.2) is 12.4 Å². The number of carbonyl (C=O) groups is 2. The van der Waals surface area contributed by atoms with Crippen molar-refractivity contribution < 1.29 is 14.1 Å². The number of likely N-dealkylation sites (N-methyl/N-ethyl adjacent to an activating group) is 2. The standard InChI is InChI=1S/C8H14N4O2/c1-3-12(8(10)14)5-4-11(2)7(12)6(9)13/h4-5,7H,3H2,1-2H3,(H3-,9,10,13,14)/p+1. The topological polar surface area (TPSA) is 89.4 Å². The Bertz CT molecular complexity index is 302. The van der Waals surface area contributed by atoms with Gasteiger partial charge in [0.05, 0.1) is 12.7 Å². The fourth-order valence-corrected chi connectivity index (χ4v) is 1.77. The molecule has 0 bridgehead atoms. The van der Waals surface area contributed by atoms with Crippen LogP contribution in [0.25, 0.3) is 0 Å². The number of rotatable bonds is 2. The summed E-state index contributed by atoms with van der Waals surface area (Å²) in [4.78, 5) is 24.1. The van der Waals surface area contributed by atoms with Gasteiger partial charge in [-0.1, -0.05) is 0 Å². The highest BCUT2D eigenvalue weighted by Gasteiger charge is 2.49. The van der Waals surface area contributed by atoms with E-state index in [1.54, 1.807) is 31.3 Å². The second kappa shape index (κ2) is 3.30. The van der Waals surface area contributed by atoms with Crippen molar-refractivity contribution in [2.24, 2.45) is 11.5 Å². The van der Waals surface area contributed by atoms with Crippen molar-refractivity contribution >= 4 is 11.9 Å². The quantitative estimate of drug-likeness (QED) is 0.566. The first kappa shape index (κ1) is 10.5. The molecule has 1 aliphatic heterocycles. The molecule has 0 saturated carbocycles. The predicted octanol–water partition coefficient (Wildman–Crippen LogP) is -0.870. The zero-order valence-corrected chi connectivity index (χ0v) is 8.30. The van der Waals surface area contributed by atoms with Crippen LogP contribution in [0.2, 0.25) is 0 Å². The van der Waals surface area contributed by atoms with Gasteiger partial charge in [0.15, 0.2) is 0 Å². The number of nitrogens with two attached hydrogens (primary N) is 2. The molecular formula is C8H15N4O2+. The predicted molar refractivity (Wildman–Crippen MR) is 50.3 cm³/mol. The van der Waals surface area contributed by atoms with Crippen molar-refractivity contribution in [2.75, 3.05) is 13.6 Å². The van der Waals surface area contributed by atoms with Crippen molar-refractivity contribution in [3.63, 3.8) is 0 Å². The summed E-state index contributed by atoms with van der Waals surface area (Å²) in [6.07, 6.45) is 2.51. The Morgan fingerprint density at radius 1 is 1.50 bits per heavy atom. The van der Waals surface area contributed by atoms with E-state index < -0.39 is 18.1 Å². The Balaban J connectivity index is 3.13. The van der Waals surface area contributed by atoms with Gasteiger partial charge in [0.2, 0.25) is 0 Å². The summed E-state index contributed by atoms with van der Waals surface area (Å²) >= 11 is 0. The molecule has 2 atom stereocenters. The maximum absolute atomic E-state index is 11.3. The van der Waals surface area contributed by atoms with Gasteiger partial charge in [0.1, 0.15) is 6.20 Å². The molecule has 3 amide bonds. The van der Waals surface area contributed by atoms with Crippen LogP contribution < -0.4 is 11.5 Å². The van der Waals surface area contributed by atoms with Crippen LogP contribution in [0.4, 0.5) is 4.79 Å². The zero-order chi connectivity index (χ0) is 10.9. The van der Waals surface area contributed by atoms with Crippen molar-refractivity contribution in [3.8, 4) is 0 Å². The van der Waals surface area contributed by atoms with Gasteiger partial charge in [-0.05, 0) is 6.92 Å². The number of nitrogens with zero attached hydrogens (tertiary/aromatic N) is 2. The van der Waals surface area contributed by atoms with E-state index in [-0.39, 0.29) is 4.48 Å². The molecule has 2 unspecified atom stereocenters. The van der Waals surface area contributed by atoms with Crippen LogP contribution in [-0.2, 0) is 4.79 Å². The second-order valence-electron chi connectivity index (χ2n) is 3.32. The summed E-state index contributed by atoms with van der Waals surface area (Å²) in [5.41, 5.74) is 10.5. The number of hydrogen-bond acceptors (Lipinski definition) is 3. The van der Waals surface area contributed by atoms with Crippen molar-refractivity contribution in [2.45, 2.75) is 13.1 Å². The van der Waals surface area contributed by atoms with E-state index in [0.29, 0.717) is 6.54 Å². The molecular weight excluding hydrogens is 184 g/mol. The third-order valence-electron chi connectivity index (χ3n) is 2.58. The number of amides is 3. The summed E-state index contributed by atoms with van der Waals surface area (Å²) in [5, 5.41) is 0. The molecule has 0 fully saturated rings. The Labute approximate surface area is 82.3 Å². The van der Waals surface area contributed by atoms with Gasteiger partial charge in [0.25, 0.3) is 12.1 Å². The number of primary amides is 2. The molecule has 1 aliphatic rings. The van der Waals surface area contributed by atoms with Crippen LogP contribution >= 0.6 is 0 Å². The fraction of sp³-hybridized carbons (Fsp3) is 0.500. The number of quaternary nitrogens is 1. The molecule has 0 spiro atoms. The summed E-state index contributed by atoms with van der Waals surface area (Å²) in [5.74, 6) is -0.557. The second-order valence-corrected chi connectivity index (χ2v) is 3.32. The van der Waals surface area contributed by atoms with E-state index >= 15 is 0 Å². The van der Waals surface area contributed by atoms with E-state index in [9.17, 15) is 9.59 Å². The Hall–Kier alpha value is -1.56. The lowest BCUT2D eigenvalue weighted by molar-refractivity contribution is -0.815. The van der Waals surface area contributed by atoms with E-state index in [1.165, 1.54) is 0 Å². The lowest BCUT2D eigenvalue weighted by Gasteiger charge is -2.32. The van der Waals surface area contributed by atoms with Gasteiger partial charge in [-0.25, -0.2) is 4.79 Å². The average Bonchev–Trinajstić information content (AvgIpc) is 2.43. The summed E-state index contributed by atoms with van der Waals surface area (Å²) in [6.45, 7) is 2.19. The molecule has 0 aromatic heterocycles. The third-order valence-corrected chi connectivity index (χ3v) is 2.58. The molecule has 0 saturated heterocycles. The third kappa shape index (κ3) is 1.24. The van der Waals surface area contributed by atoms with E-state index in [1.807, 2.05) is 0 Å². The van der Waals surface area contributed by atoms with Crippen molar-refractivity contribution in [1.82, 2.24) is 4.90 Å². The molecule has 78 valence electrons. The molecule has 1 heterocycles. The van der Waals surface area contributed by atoms with Gasteiger partial charge >= 0.3 is 6.03 Å². The molecule has 0 radical (unpaired) electrons. The van der Waals surface area contributed by atoms with Crippen LogP contribution in [-0.4, -0.2) is 41.1 Å². The summed E-state index contributed by atoms with van der Waals surface area (Å²) < 4.78 is -0.230. The lowest BCUT2D eigenvalue weighted by Crippen LogP contribution is -2.63. The number of carbonyl (C=O) groups excluding carboxylic acids is 2.